The van der Waals surface area contributed by atoms with Crippen molar-refractivity contribution in [2.75, 3.05) is 19.0 Å². The minimum atomic E-state index is -0.342. The summed E-state index contributed by atoms with van der Waals surface area (Å²) in [5.41, 5.74) is 2.38. The molecule has 154 valence electrons. The summed E-state index contributed by atoms with van der Waals surface area (Å²) >= 11 is 0. The number of anilines is 1. The molecule has 2 aliphatic rings. The largest absolute Gasteiger partial charge is 0.378 e. The fourth-order valence-corrected chi connectivity index (χ4v) is 4.23. The molecule has 0 radical (unpaired) electrons. The Morgan fingerprint density at radius 1 is 0.750 bits per heavy atom. The summed E-state index contributed by atoms with van der Waals surface area (Å²) in [5, 5.41) is 12.1. The van der Waals surface area contributed by atoms with E-state index in [1.807, 2.05) is 85.7 Å². The quantitative estimate of drug-likeness (QED) is 0.371. The molecule has 4 aromatic carbocycles. The lowest BCUT2D eigenvalue weighted by Crippen LogP contribution is -2.38. The molecule has 0 fully saturated rings. The molecule has 0 saturated carbocycles. The number of fused-ring (bicyclic) bond motifs is 7. The first-order chi connectivity index (χ1) is 15.6. The molecule has 0 atom stereocenters. The Kier molecular flexibility index (Phi) is 3.95. The van der Waals surface area contributed by atoms with Crippen LogP contribution in [-0.2, 0) is 4.79 Å². The number of nitrogens with zero attached hydrogens (tertiary/aromatic N) is 5. The maximum Gasteiger partial charge on any atom is 0.299 e. The van der Waals surface area contributed by atoms with Gasteiger partial charge in [-0.25, -0.2) is 4.99 Å². The Morgan fingerprint density at radius 3 is 1.97 bits per heavy atom. The van der Waals surface area contributed by atoms with E-state index in [1.165, 1.54) is 0 Å². The molecule has 4 aromatic rings. The summed E-state index contributed by atoms with van der Waals surface area (Å²) in [4.78, 5) is 23.8. The lowest BCUT2D eigenvalue weighted by molar-refractivity contribution is -0.114. The smallest absolute Gasteiger partial charge is 0.299 e. The Bertz CT molecular complexity index is 1610. The molecule has 0 unspecified atom stereocenters. The zero-order chi connectivity index (χ0) is 21.8. The molecule has 6 rings (SSSR count). The monoisotopic (exact) mass is 417 g/mol. The van der Waals surface area contributed by atoms with Crippen molar-refractivity contribution in [3.63, 3.8) is 0 Å². The van der Waals surface area contributed by atoms with Gasteiger partial charge in [0.15, 0.2) is 0 Å². The second kappa shape index (κ2) is 6.85. The third kappa shape index (κ3) is 2.73. The molecule has 0 aromatic heterocycles. The highest BCUT2D eigenvalue weighted by atomic mass is 16.2. The fraction of sp³-hybridized carbons (Fsp3) is 0.0769. The number of rotatable bonds is 2. The molecular weight excluding hydrogens is 398 g/mol. The summed E-state index contributed by atoms with van der Waals surface area (Å²) < 4.78 is 0. The highest BCUT2D eigenvalue weighted by Crippen LogP contribution is 2.25. The van der Waals surface area contributed by atoms with E-state index < -0.39 is 0 Å². The van der Waals surface area contributed by atoms with E-state index >= 15 is 0 Å². The zero-order valence-electron chi connectivity index (χ0n) is 17.6. The van der Waals surface area contributed by atoms with Crippen LogP contribution in [0, 0.1) is 0 Å². The van der Waals surface area contributed by atoms with Gasteiger partial charge in [-0.2, -0.15) is 15.1 Å². The summed E-state index contributed by atoms with van der Waals surface area (Å²) in [5.74, 6) is -0.0373. The van der Waals surface area contributed by atoms with Crippen molar-refractivity contribution < 1.29 is 4.79 Å². The molecule has 2 aliphatic heterocycles. The Labute approximate surface area is 184 Å². The molecule has 0 saturated heterocycles. The number of benzene rings is 4. The second-order valence-electron chi connectivity index (χ2n) is 8.04. The maximum atomic E-state index is 12.8. The molecule has 32 heavy (non-hydrogen) atoms. The predicted molar refractivity (Wildman–Crippen MR) is 127 cm³/mol. The molecule has 0 N–H and O–H groups in total. The zero-order valence-corrected chi connectivity index (χ0v) is 17.6. The average molecular weight is 417 g/mol. The summed E-state index contributed by atoms with van der Waals surface area (Å²) in [6, 6.07) is 24.3. The van der Waals surface area contributed by atoms with E-state index in [-0.39, 0.29) is 5.91 Å². The number of hydrogen-bond donors (Lipinski definition) is 0. The first-order valence-corrected chi connectivity index (χ1v) is 10.4. The molecule has 2 heterocycles. The number of guanidine groups is 1. The van der Waals surface area contributed by atoms with E-state index in [0.29, 0.717) is 11.7 Å². The van der Waals surface area contributed by atoms with E-state index in [2.05, 4.69) is 17.1 Å². The summed E-state index contributed by atoms with van der Waals surface area (Å²) in [6.07, 6.45) is 1.81. The van der Waals surface area contributed by atoms with Crippen molar-refractivity contribution in [3.8, 4) is 0 Å². The lowest BCUT2D eigenvalue weighted by atomic mass is 10.0. The van der Waals surface area contributed by atoms with Gasteiger partial charge >= 0.3 is 0 Å². The van der Waals surface area contributed by atoms with Gasteiger partial charge in [-0.3, -0.25) is 4.79 Å². The number of amides is 1. The minimum absolute atomic E-state index is 0.305. The van der Waals surface area contributed by atoms with Crippen molar-refractivity contribution >= 4 is 45.2 Å². The first-order valence-electron chi connectivity index (χ1n) is 10.4. The Morgan fingerprint density at radius 2 is 1.34 bits per heavy atom. The van der Waals surface area contributed by atoms with Gasteiger partial charge in [0.2, 0.25) is 0 Å². The number of carbonyl (C=O) groups is 1. The van der Waals surface area contributed by atoms with Crippen LogP contribution in [-0.4, -0.2) is 31.0 Å². The molecule has 0 aliphatic carbocycles. The van der Waals surface area contributed by atoms with Gasteiger partial charge in [0, 0.05) is 30.6 Å². The van der Waals surface area contributed by atoms with E-state index in [0.717, 1.165) is 43.5 Å². The van der Waals surface area contributed by atoms with Gasteiger partial charge in [0.1, 0.15) is 16.4 Å². The van der Waals surface area contributed by atoms with Crippen molar-refractivity contribution in [3.05, 3.63) is 94.8 Å². The maximum absolute atomic E-state index is 12.8. The van der Waals surface area contributed by atoms with Crippen LogP contribution in [0.25, 0.3) is 27.6 Å². The fourth-order valence-electron chi connectivity index (χ4n) is 4.23. The van der Waals surface area contributed by atoms with Crippen molar-refractivity contribution in [2.24, 2.45) is 15.1 Å². The van der Waals surface area contributed by atoms with Crippen molar-refractivity contribution in [1.82, 2.24) is 5.01 Å². The van der Waals surface area contributed by atoms with Crippen LogP contribution in [0.5, 0.6) is 0 Å². The van der Waals surface area contributed by atoms with Crippen molar-refractivity contribution in [2.45, 2.75) is 0 Å². The second-order valence-corrected chi connectivity index (χ2v) is 8.04. The van der Waals surface area contributed by atoms with Gasteiger partial charge in [0.25, 0.3) is 11.9 Å². The Balaban J connectivity index is 1.57. The standard InChI is InChI=1S/C26H19N5O/c1-30(2)17-13-11-16(12-14-17)15-22-25(32)28-26-27-23-20-9-5-3-7-18(20)19-8-4-6-10-21(19)24(23)29-31(22)26/h3-15H,1-2H3/b22-15-. The van der Waals surface area contributed by atoms with Gasteiger partial charge < -0.3 is 4.90 Å². The third-order valence-corrected chi connectivity index (χ3v) is 5.84. The number of aliphatic imine (C=N–C) groups is 1. The van der Waals surface area contributed by atoms with Gasteiger partial charge in [-0.1, -0.05) is 60.7 Å². The van der Waals surface area contributed by atoms with Gasteiger partial charge in [-0.15, -0.1) is 0 Å². The van der Waals surface area contributed by atoms with Crippen molar-refractivity contribution in [1.29, 1.82) is 0 Å². The molecule has 0 spiro atoms. The lowest BCUT2D eigenvalue weighted by Gasteiger charge is -2.17. The van der Waals surface area contributed by atoms with Crippen LogP contribution in [0.1, 0.15) is 5.56 Å². The molecule has 6 heteroatoms. The number of carbonyl (C=O) groups excluding carboxylic acids is 1. The normalized spacial score (nSPS) is 15.9. The number of hydrogen-bond acceptors (Lipinski definition) is 5. The molecule has 0 bridgehead atoms. The van der Waals surface area contributed by atoms with Crippen LogP contribution in [0.15, 0.2) is 93.6 Å². The van der Waals surface area contributed by atoms with Gasteiger partial charge in [0.05, 0.1) is 0 Å². The van der Waals surface area contributed by atoms with Crippen LogP contribution in [0.4, 0.5) is 5.69 Å². The van der Waals surface area contributed by atoms with Gasteiger partial charge in [-0.05, 0) is 34.5 Å². The highest BCUT2D eigenvalue weighted by Gasteiger charge is 2.32. The average Bonchev–Trinajstić information content (AvgIpc) is 3.12. The van der Waals surface area contributed by atoms with Crippen LogP contribution in [0.2, 0.25) is 0 Å². The van der Waals surface area contributed by atoms with E-state index in [1.54, 1.807) is 5.01 Å². The summed E-state index contributed by atoms with van der Waals surface area (Å²) in [7, 11) is 3.99. The van der Waals surface area contributed by atoms with E-state index in [9.17, 15) is 4.79 Å². The Hall–Kier alpha value is -4.32. The summed E-state index contributed by atoms with van der Waals surface area (Å²) in [6.45, 7) is 0. The van der Waals surface area contributed by atoms with Crippen LogP contribution >= 0.6 is 0 Å². The SMILES string of the molecule is CN(C)c1ccc(/C=C2/C(=O)N=C3N=c4c(c5ccccc5c5ccccc45)=NN32)cc1. The minimum Gasteiger partial charge on any atom is -0.378 e. The predicted octanol–water partition coefficient (Wildman–Crippen LogP) is 3.47. The van der Waals surface area contributed by atoms with E-state index in [4.69, 9.17) is 10.1 Å². The topological polar surface area (TPSA) is 60.6 Å². The van der Waals surface area contributed by atoms with Crippen LogP contribution < -0.4 is 15.6 Å². The first kappa shape index (κ1) is 18.4. The highest BCUT2D eigenvalue weighted by molar-refractivity contribution is 6.13. The third-order valence-electron chi connectivity index (χ3n) is 5.84. The molecule has 1 amide bonds. The van der Waals surface area contributed by atoms with Crippen LogP contribution in [0.3, 0.4) is 0 Å². The molecular formula is C26H19N5O. The molecule has 6 nitrogen and oxygen atoms in total.